The van der Waals surface area contributed by atoms with Crippen LogP contribution < -0.4 is 14.9 Å². The van der Waals surface area contributed by atoms with E-state index >= 15 is 0 Å². The van der Waals surface area contributed by atoms with Gasteiger partial charge in [-0.3, -0.25) is 4.79 Å². The minimum absolute atomic E-state index is 0.0168. The van der Waals surface area contributed by atoms with Gasteiger partial charge in [0.1, 0.15) is 22.5 Å². The molecule has 1 N–H and O–H groups in total. The van der Waals surface area contributed by atoms with Crippen molar-refractivity contribution in [2.75, 3.05) is 19.8 Å². The molecular weight excluding hydrogens is 422 g/mol. The van der Waals surface area contributed by atoms with Crippen LogP contribution in [-0.2, 0) is 6.54 Å². The quantitative estimate of drug-likeness (QED) is 0.532. The molecule has 7 heteroatoms. The molecule has 0 bridgehead atoms. The Morgan fingerprint density at radius 3 is 2.61 bits per heavy atom. The molecule has 1 amide bonds. The standard InChI is InChI=1S/C26H29NO6/c28-15-14-27(26(30)33-21-10-5-2-6-11-21)16-20-18-32-23-13-7-12-22(24(23)25(20)29)31-17-19-8-3-1-4-9-19/h2,5-7,10-13,18-19,28H,1,3-4,8-9,14-17H2. The number of aliphatic hydroxyl groups excluding tert-OH is 1. The van der Waals surface area contributed by atoms with Crippen molar-refractivity contribution in [3.8, 4) is 11.5 Å². The van der Waals surface area contributed by atoms with E-state index in [1.165, 1.54) is 30.4 Å². The smallest absolute Gasteiger partial charge is 0.415 e. The van der Waals surface area contributed by atoms with Crippen molar-refractivity contribution in [2.45, 2.75) is 38.6 Å². The molecule has 0 spiro atoms. The van der Waals surface area contributed by atoms with Gasteiger partial charge >= 0.3 is 6.09 Å². The van der Waals surface area contributed by atoms with Crippen LogP contribution in [-0.4, -0.2) is 35.9 Å². The predicted molar refractivity (Wildman–Crippen MR) is 125 cm³/mol. The van der Waals surface area contributed by atoms with Crippen molar-refractivity contribution >= 4 is 17.1 Å². The van der Waals surface area contributed by atoms with Gasteiger partial charge in [-0.15, -0.1) is 0 Å². The summed E-state index contributed by atoms with van der Waals surface area (Å²) in [5.41, 5.74) is 0.464. The highest BCUT2D eigenvalue weighted by atomic mass is 16.6. The van der Waals surface area contributed by atoms with Gasteiger partial charge in [-0.1, -0.05) is 43.5 Å². The van der Waals surface area contributed by atoms with Gasteiger partial charge in [-0.25, -0.2) is 4.79 Å². The number of nitrogens with zero attached hydrogens (tertiary/aromatic N) is 1. The highest BCUT2D eigenvalue weighted by Gasteiger charge is 2.21. The summed E-state index contributed by atoms with van der Waals surface area (Å²) in [6.07, 6.45) is 6.70. The summed E-state index contributed by atoms with van der Waals surface area (Å²) >= 11 is 0. The van der Waals surface area contributed by atoms with Gasteiger partial charge < -0.3 is 23.9 Å². The second-order valence-corrected chi connectivity index (χ2v) is 8.36. The normalized spacial score (nSPS) is 14.2. The molecule has 3 aromatic rings. The number of ether oxygens (including phenoxy) is 2. The first-order valence-electron chi connectivity index (χ1n) is 11.4. The molecule has 1 fully saturated rings. The Balaban J connectivity index is 1.55. The molecule has 1 aliphatic rings. The van der Waals surface area contributed by atoms with Crippen LogP contribution in [0, 0.1) is 5.92 Å². The van der Waals surface area contributed by atoms with Crippen molar-refractivity contribution in [3.63, 3.8) is 0 Å². The third kappa shape index (κ3) is 5.73. The van der Waals surface area contributed by atoms with Gasteiger partial charge in [-0.2, -0.15) is 0 Å². The van der Waals surface area contributed by atoms with Crippen molar-refractivity contribution in [1.29, 1.82) is 0 Å². The molecule has 4 rings (SSSR count). The second-order valence-electron chi connectivity index (χ2n) is 8.36. The van der Waals surface area contributed by atoms with Gasteiger partial charge in [0.15, 0.2) is 0 Å². The fourth-order valence-electron chi connectivity index (χ4n) is 4.19. The number of fused-ring (bicyclic) bond motifs is 1. The van der Waals surface area contributed by atoms with E-state index in [1.807, 2.05) is 6.07 Å². The number of amides is 1. The van der Waals surface area contributed by atoms with Crippen molar-refractivity contribution in [2.24, 2.45) is 5.92 Å². The van der Waals surface area contributed by atoms with E-state index in [0.29, 0.717) is 35.0 Å². The van der Waals surface area contributed by atoms with Crippen molar-refractivity contribution in [3.05, 3.63) is 70.6 Å². The molecule has 0 unspecified atom stereocenters. The number of hydrogen-bond acceptors (Lipinski definition) is 6. The molecule has 1 aliphatic carbocycles. The average Bonchev–Trinajstić information content (AvgIpc) is 2.85. The summed E-state index contributed by atoms with van der Waals surface area (Å²) in [5, 5.41) is 9.80. The lowest BCUT2D eigenvalue weighted by Crippen LogP contribution is -2.36. The van der Waals surface area contributed by atoms with Gasteiger partial charge in [0.05, 0.1) is 31.6 Å². The third-order valence-electron chi connectivity index (χ3n) is 5.97. The molecule has 2 aromatic carbocycles. The summed E-state index contributed by atoms with van der Waals surface area (Å²) < 4.78 is 17.2. The monoisotopic (exact) mass is 451 g/mol. The Hall–Kier alpha value is -3.32. The largest absolute Gasteiger partial charge is 0.492 e. The Morgan fingerprint density at radius 2 is 1.85 bits per heavy atom. The molecule has 1 aromatic heterocycles. The number of benzene rings is 2. The Bertz CT molecular complexity index is 1120. The van der Waals surface area contributed by atoms with Crippen LogP contribution in [0.4, 0.5) is 4.79 Å². The third-order valence-corrected chi connectivity index (χ3v) is 5.97. The van der Waals surface area contributed by atoms with E-state index in [0.717, 1.165) is 12.8 Å². The molecule has 7 nitrogen and oxygen atoms in total. The number of rotatable bonds is 8. The first-order chi connectivity index (χ1) is 16.2. The summed E-state index contributed by atoms with van der Waals surface area (Å²) in [6, 6.07) is 14.0. The van der Waals surface area contributed by atoms with E-state index in [2.05, 4.69) is 0 Å². The maximum absolute atomic E-state index is 13.3. The number of para-hydroxylation sites is 1. The van der Waals surface area contributed by atoms with E-state index < -0.39 is 6.09 Å². The predicted octanol–water partition coefficient (Wildman–Crippen LogP) is 4.75. The highest BCUT2D eigenvalue weighted by Crippen LogP contribution is 2.27. The van der Waals surface area contributed by atoms with Gasteiger partial charge in [0.25, 0.3) is 0 Å². The van der Waals surface area contributed by atoms with E-state index in [4.69, 9.17) is 13.9 Å². The minimum atomic E-state index is -0.656. The SMILES string of the molecule is O=C(Oc1ccccc1)N(CCO)Cc1coc2cccc(OCC3CCCCC3)c2c1=O. The molecular formula is C26H29NO6. The second kappa shape index (κ2) is 11.0. The fourth-order valence-corrected chi connectivity index (χ4v) is 4.19. The zero-order valence-electron chi connectivity index (χ0n) is 18.6. The molecule has 174 valence electrons. The van der Waals surface area contributed by atoms with E-state index in [9.17, 15) is 14.7 Å². The van der Waals surface area contributed by atoms with Crippen molar-refractivity contribution < 1.29 is 23.8 Å². The Kier molecular flexibility index (Phi) is 7.62. The molecule has 0 atom stereocenters. The van der Waals surface area contributed by atoms with Crippen LogP contribution in [0.15, 0.2) is 64.0 Å². The van der Waals surface area contributed by atoms with Crippen LogP contribution in [0.5, 0.6) is 11.5 Å². The minimum Gasteiger partial charge on any atom is -0.492 e. The Morgan fingerprint density at radius 1 is 1.06 bits per heavy atom. The van der Waals surface area contributed by atoms with E-state index in [1.54, 1.807) is 42.5 Å². The van der Waals surface area contributed by atoms with E-state index in [-0.39, 0.29) is 30.7 Å². The van der Waals surface area contributed by atoms with Gasteiger partial charge in [0, 0.05) is 6.54 Å². The lowest BCUT2D eigenvalue weighted by molar-refractivity contribution is 0.135. The van der Waals surface area contributed by atoms with Crippen molar-refractivity contribution in [1.82, 2.24) is 4.90 Å². The number of carbonyl (C=O) groups is 1. The maximum Gasteiger partial charge on any atom is 0.415 e. The summed E-state index contributed by atoms with van der Waals surface area (Å²) in [6.45, 7) is 0.270. The van der Waals surface area contributed by atoms with Crippen LogP contribution in [0.1, 0.15) is 37.7 Å². The highest BCUT2D eigenvalue weighted by molar-refractivity contribution is 5.83. The van der Waals surface area contributed by atoms with Crippen LogP contribution >= 0.6 is 0 Å². The molecule has 0 radical (unpaired) electrons. The average molecular weight is 452 g/mol. The summed E-state index contributed by atoms with van der Waals surface area (Å²) in [5.74, 6) is 1.38. The Labute approximate surface area is 192 Å². The maximum atomic E-state index is 13.3. The summed E-state index contributed by atoms with van der Waals surface area (Å²) in [4.78, 5) is 27.3. The molecule has 1 heterocycles. The molecule has 33 heavy (non-hydrogen) atoms. The number of hydrogen-bond donors (Lipinski definition) is 1. The first kappa shape index (κ1) is 22.9. The molecule has 1 saturated carbocycles. The lowest BCUT2D eigenvalue weighted by atomic mass is 9.90. The van der Waals surface area contributed by atoms with Crippen LogP contribution in [0.2, 0.25) is 0 Å². The zero-order valence-corrected chi connectivity index (χ0v) is 18.6. The van der Waals surface area contributed by atoms with Gasteiger partial charge in [0.2, 0.25) is 5.43 Å². The first-order valence-corrected chi connectivity index (χ1v) is 11.4. The van der Waals surface area contributed by atoms with Crippen LogP contribution in [0.25, 0.3) is 11.0 Å². The molecule has 0 saturated heterocycles. The van der Waals surface area contributed by atoms with Crippen LogP contribution in [0.3, 0.4) is 0 Å². The topological polar surface area (TPSA) is 89.2 Å². The number of carbonyl (C=O) groups excluding carboxylic acids is 1. The zero-order chi connectivity index (χ0) is 23.0. The molecule has 0 aliphatic heterocycles. The fraction of sp³-hybridized carbons (Fsp3) is 0.385. The van der Waals surface area contributed by atoms with Gasteiger partial charge in [-0.05, 0) is 43.0 Å². The lowest BCUT2D eigenvalue weighted by Gasteiger charge is -2.22. The summed E-state index contributed by atoms with van der Waals surface area (Å²) in [7, 11) is 0. The number of aliphatic hydroxyl groups is 1.